The van der Waals surface area contributed by atoms with Gasteiger partial charge in [-0.1, -0.05) is 36.4 Å². The predicted octanol–water partition coefficient (Wildman–Crippen LogP) is 3.64. The third-order valence-electron chi connectivity index (χ3n) is 7.48. The van der Waals surface area contributed by atoms with Crippen molar-refractivity contribution in [1.82, 2.24) is 14.2 Å². The molecule has 37 heavy (non-hydrogen) atoms. The van der Waals surface area contributed by atoms with Crippen LogP contribution in [0.5, 0.6) is 5.75 Å². The van der Waals surface area contributed by atoms with Crippen molar-refractivity contribution in [2.75, 3.05) is 33.3 Å². The van der Waals surface area contributed by atoms with Gasteiger partial charge in [-0.15, -0.1) is 0 Å². The number of piperidine rings is 1. The van der Waals surface area contributed by atoms with E-state index in [1.54, 1.807) is 59.5 Å². The zero-order valence-corrected chi connectivity index (χ0v) is 21.5. The van der Waals surface area contributed by atoms with E-state index in [0.29, 0.717) is 55.9 Å². The van der Waals surface area contributed by atoms with Crippen LogP contribution in [0.1, 0.15) is 45.7 Å². The van der Waals surface area contributed by atoms with Crippen molar-refractivity contribution in [3.8, 4) is 5.75 Å². The van der Waals surface area contributed by atoms with Gasteiger partial charge in [-0.05, 0) is 48.9 Å². The monoisotopic (exact) mass is 519 g/mol. The van der Waals surface area contributed by atoms with Crippen LogP contribution in [0.4, 0.5) is 0 Å². The Kier molecular flexibility index (Phi) is 6.83. The van der Waals surface area contributed by atoms with Gasteiger partial charge in [0.2, 0.25) is 10.0 Å². The smallest absolute Gasteiger partial charge is 0.273 e. The first-order valence-electron chi connectivity index (χ1n) is 12.3. The Bertz CT molecular complexity index is 1420. The zero-order chi connectivity index (χ0) is 26.0. The van der Waals surface area contributed by atoms with Crippen LogP contribution in [-0.4, -0.2) is 67.6 Å². The molecule has 1 aromatic heterocycles. The van der Waals surface area contributed by atoms with Crippen molar-refractivity contribution in [2.45, 2.75) is 24.2 Å². The van der Waals surface area contributed by atoms with Crippen molar-refractivity contribution in [2.24, 2.45) is 5.41 Å². The van der Waals surface area contributed by atoms with Gasteiger partial charge >= 0.3 is 0 Å². The third-order valence-corrected chi connectivity index (χ3v) is 9.37. The van der Waals surface area contributed by atoms with Crippen molar-refractivity contribution in [3.63, 3.8) is 0 Å². The molecule has 0 saturated carbocycles. The number of methoxy groups -OCH3 is 1. The number of hydrogen-bond donors (Lipinski definition) is 0. The number of carbonyl (C=O) groups is 2. The summed E-state index contributed by atoms with van der Waals surface area (Å²) in [7, 11) is -2.12. The predicted molar refractivity (Wildman–Crippen MR) is 138 cm³/mol. The summed E-state index contributed by atoms with van der Waals surface area (Å²) in [5, 5.41) is 0. The van der Waals surface area contributed by atoms with Gasteiger partial charge in [0, 0.05) is 44.0 Å². The maximum atomic E-state index is 13.5. The number of carbonyl (C=O) groups excluding carboxylic acids is 2. The molecule has 0 aliphatic carbocycles. The number of likely N-dealkylation sites (tertiary alicyclic amines) is 1. The lowest BCUT2D eigenvalue weighted by Crippen LogP contribution is -2.44. The molecule has 1 amide bonds. The van der Waals surface area contributed by atoms with E-state index in [4.69, 9.17) is 4.74 Å². The minimum absolute atomic E-state index is 0.144. The zero-order valence-electron chi connectivity index (χ0n) is 20.7. The van der Waals surface area contributed by atoms with Gasteiger partial charge in [-0.2, -0.15) is 4.31 Å². The number of benzene rings is 2. The number of hydrogen-bond acceptors (Lipinski definition) is 6. The second kappa shape index (κ2) is 10.1. The molecule has 2 aliphatic heterocycles. The van der Waals surface area contributed by atoms with Crippen molar-refractivity contribution >= 4 is 21.7 Å². The maximum absolute atomic E-state index is 13.5. The molecule has 0 atom stereocenters. The van der Waals surface area contributed by atoms with Crippen molar-refractivity contribution in [1.29, 1.82) is 0 Å². The molecule has 3 aromatic rings. The number of ketones is 1. The number of ether oxygens (including phenoxy) is 1. The van der Waals surface area contributed by atoms with E-state index in [-0.39, 0.29) is 27.7 Å². The van der Waals surface area contributed by atoms with E-state index in [0.717, 1.165) is 6.42 Å². The van der Waals surface area contributed by atoms with E-state index in [1.165, 1.54) is 23.7 Å². The van der Waals surface area contributed by atoms with Gasteiger partial charge in [0.05, 0.1) is 17.6 Å². The third kappa shape index (κ3) is 4.89. The van der Waals surface area contributed by atoms with Gasteiger partial charge in [0.1, 0.15) is 11.4 Å². The number of aromatic nitrogens is 1. The van der Waals surface area contributed by atoms with Crippen LogP contribution in [0.15, 0.2) is 77.8 Å². The van der Waals surface area contributed by atoms with E-state index >= 15 is 0 Å². The largest absolute Gasteiger partial charge is 0.497 e. The molecular formula is C28H29N3O5S. The van der Waals surface area contributed by atoms with Gasteiger partial charge < -0.3 is 9.64 Å². The maximum Gasteiger partial charge on any atom is 0.273 e. The van der Waals surface area contributed by atoms with E-state index in [2.05, 4.69) is 4.98 Å². The Morgan fingerprint density at radius 3 is 2.38 bits per heavy atom. The summed E-state index contributed by atoms with van der Waals surface area (Å²) in [5.41, 5.74) is 0.811. The molecule has 8 nitrogen and oxygen atoms in total. The topological polar surface area (TPSA) is 96.9 Å². The minimum atomic E-state index is -3.63. The fourth-order valence-corrected chi connectivity index (χ4v) is 6.76. The van der Waals surface area contributed by atoms with Crippen molar-refractivity contribution < 1.29 is 22.7 Å². The first-order valence-corrected chi connectivity index (χ1v) is 13.8. The quantitative estimate of drug-likeness (QED) is 0.462. The number of pyridine rings is 1. The van der Waals surface area contributed by atoms with Gasteiger partial charge in [0.25, 0.3) is 5.91 Å². The Morgan fingerprint density at radius 1 is 0.919 bits per heavy atom. The highest BCUT2D eigenvalue weighted by molar-refractivity contribution is 7.89. The molecule has 5 rings (SSSR count). The normalized spacial score (nSPS) is 17.6. The molecule has 9 heteroatoms. The first kappa shape index (κ1) is 25.1. The average Bonchev–Trinajstić information content (AvgIpc) is 3.36. The summed E-state index contributed by atoms with van der Waals surface area (Å²) in [6, 6.07) is 18.7. The lowest BCUT2D eigenvalue weighted by Gasteiger charge is -2.38. The first-order chi connectivity index (χ1) is 17.8. The molecule has 3 heterocycles. The molecule has 2 aromatic carbocycles. The number of sulfonamides is 1. The van der Waals surface area contributed by atoms with Gasteiger partial charge in [-0.25, -0.2) is 8.42 Å². The lowest BCUT2D eigenvalue weighted by molar-refractivity contribution is 0.0740. The van der Waals surface area contributed by atoms with Crippen LogP contribution in [0.3, 0.4) is 0 Å². The molecule has 2 aliphatic rings. The molecule has 1 spiro atoms. The summed E-state index contributed by atoms with van der Waals surface area (Å²) < 4.78 is 33.1. The summed E-state index contributed by atoms with van der Waals surface area (Å²) in [4.78, 5) is 32.8. The fourth-order valence-electron chi connectivity index (χ4n) is 5.28. The Morgan fingerprint density at radius 2 is 1.65 bits per heavy atom. The lowest BCUT2D eigenvalue weighted by atomic mass is 9.78. The van der Waals surface area contributed by atoms with Crippen LogP contribution in [0.2, 0.25) is 0 Å². The van der Waals surface area contributed by atoms with E-state index < -0.39 is 10.0 Å². The SMILES string of the molecule is COc1cccc(S(=O)(=O)N2CCC3(CCN(C(=O)c4ncccc4C(=O)c4ccccc4)C3)CC2)c1. The Balaban J connectivity index is 1.28. The number of amides is 1. The van der Waals surface area contributed by atoms with Crippen LogP contribution in [0, 0.1) is 5.41 Å². The standard InChI is InChI=1S/C28H29N3O5S/c1-36-22-9-5-10-23(19-22)37(34,35)31-17-13-28(14-18-31)12-16-30(20-28)27(33)25-24(11-6-15-29-25)26(32)21-7-3-2-4-8-21/h2-11,15,19H,12-14,16-18,20H2,1H3. The summed E-state index contributed by atoms with van der Waals surface area (Å²) >= 11 is 0. The number of rotatable bonds is 6. The van der Waals surface area contributed by atoms with E-state index in [9.17, 15) is 18.0 Å². The summed E-state index contributed by atoms with van der Waals surface area (Å²) in [6.45, 7) is 1.86. The molecule has 0 radical (unpaired) electrons. The van der Waals surface area contributed by atoms with Gasteiger partial charge in [-0.3, -0.25) is 14.6 Å². The molecule has 192 valence electrons. The minimum Gasteiger partial charge on any atom is -0.497 e. The molecule has 0 unspecified atom stereocenters. The average molecular weight is 520 g/mol. The van der Waals surface area contributed by atoms with Gasteiger partial charge in [0.15, 0.2) is 5.78 Å². The van der Waals surface area contributed by atoms with E-state index in [1.807, 2.05) is 6.07 Å². The summed E-state index contributed by atoms with van der Waals surface area (Å²) in [5.74, 6) is 0.00402. The van der Waals surface area contributed by atoms with Crippen LogP contribution < -0.4 is 4.74 Å². The highest BCUT2D eigenvalue weighted by Gasteiger charge is 2.44. The highest BCUT2D eigenvalue weighted by atomic mass is 32.2. The second-order valence-corrected chi connectivity index (χ2v) is 11.6. The second-order valence-electron chi connectivity index (χ2n) is 9.65. The van der Waals surface area contributed by atoms with Crippen LogP contribution >= 0.6 is 0 Å². The molecule has 0 N–H and O–H groups in total. The van der Waals surface area contributed by atoms with Crippen molar-refractivity contribution in [3.05, 3.63) is 89.7 Å². The Labute approximate surface area is 216 Å². The number of nitrogens with zero attached hydrogens (tertiary/aromatic N) is 3. The molecule has 2 fully saturated rings. The molecular weight excluding hydrogens is 490 g/mol. The summed E-state index contributed by atoms with van der Waals surface area (Å²) in [6.07, 6.45) is 3.65. The Hall–Kier alpha value is -3.56. The van der Waals surface area contributed by atoms with Crippen LogP contribution in [0.25, 0.3) is 0 Å². The fraction of sp³-hybridized carbons (Fsp3) is 0.321. The molecule has 0 bridgehead atoms. The molecule has 2 saturated heterocycles. The van der Waals surface area contributed by atoms with Crippen LogP contribution in [-0.2, 0) is 10.0 Å². The highest BCUT2D eigenvalue weighted by Crippen LogP contribution is 2.42.